The van der Waals surface area contributed by atoms with Crippen LogP contribution in [0.4, 0.5) is 17.1 Å². The molecule has 0 fully saturated rings. The zero-order chi connectivity index (χ0) is 51.5. The second kappa shape index (κ2) is 18.8. The average Bonchev–Trinajstić information content (AvgIpc) is 4.11. The lowest BCUT2D eigenvalue weighted by Gasteiger charge is -2.29. The van der Waals surface area contributed by atoms with Crippen LogP contribution in [0.2, 0.25) is 0 Å². The lowest BCUT2D eigenvalue weighted by Crippen LogP contribution is -2.11. The Kier molecular flexibility index (Phi) is 10.9. The minimum Gasteiger partial charge on any atom is -0.310 e. The molecule has 1 heterocycles. The van der Waals surface area contributed by atoms with Crippen molar-refractivity contribution < 1.29 is 0 Å². The number of nitrogens with zero attached hydrogens (tertiary/aromatic N) is 2. The van der Waals surface area contributed by atoms with Crippen LogP contribution in [0.25, 0.3) is 126 Å². The van der Waals surface area contributed by atoms with Gasteiger partial charge >= 0.3 is 0 Å². The molecule has 0 aliphatic carbocycles. The number of rotatable bonds is 9. The molecule has 78 heavy (non-hydrogen) atoms. The summed E-state index contributed by atoms with van der Waals surface area (Å²) >= 11 is 0. The Balaban J connectivity index is 0.962. The van der Waals surface area contributed by atoms with Crippen LogP contribution in [0.15, 0.2) is 303 Å². The Hall–Kier alpha value is -10.3. The number of anilines is 3. The highest BCUT2D eigenvalue weighted by Gasteiger charge is 2.23. The Morgan fingerprint density at radius 1 is 0.231 bits per heavy atom. The van der Waals surface area contributed by atoms with Crippen molar-refractivity contribution in [2.45, 2.75) is 0 Å². The Morgan fingerprint density at radius 2 is 0.795 bits per heavy atom. The minimum absolute atomic E-state index is 1.06. The summed E-state index contributed by atoms with van der Waals surface area (Å²) in [5, 5.41) is 12.4. The molecule has 1 aromatic heterocycles. The van der Waals surface area contributed by atoms with Gasteiger partial charge < -0.3 is 9.47 Å². The number of benzene rings is 14. The number of hydrogen-bond donors (Lipinski definition) is 0. The van der Waals surface area contributed by atoms with Gasteiger partial charge in [-0.05, 0) is 148 Å². The molecule has 2 heteroatoms. The van der Waals surface area contributed by atoms with Crippen LogP contribution in [-0.2, 0) is 0 Å². The molecule has 364 valence electrons. The van der Waals surface area contributed by atoms with Crippen LogP contribution in [0.3, 0.4) is 0 Å². The second-order valence-corrected chi connectivity index (χ2v) is 20.4. The van der Waals surface area contributed by atoms with Crippen LogP contribution in [0.5, 0.6) is 0 Å². The summed E-state index contributed by atoms with van der Waals surface area (Å²) in [4.78, 5) is 2.46. The molecule has 0 saturated carbocycles. The van der Waals surface area contributed by atoms with Gasteiger partial charge in [0.15, 0.2) is 0 Å². The van der Waals surface area contributed by atoms with E-state index in [0.717, 1.165) is 56.1 Å². The summed E-state index contributed by atoms with van der Waals surface area (Å²) in [5.41, 5.74) is 18.3. The second-order valence-electron chi connectivity index (χ2n) is 20.4. The lowest BCUT2D eigenvalue weighted by atomic mass is 9.92. The minimum atomic E-state index is 1.06. The molecule has 0 radical (unpaired) electrons. The third-order valence-corrected chi connectivity index (χ3v) is 16.0. The average molecular weight is 991 g/mol. The van der Waals surface area contributed by atoms with Gasteiger partial charge in [0.25, 0.3) is 0 Å². The molecule has 14 aromatic carbocycles. The molecule has 2 nitrogen and oxygen atoms in total. The molecular formula is C76H50N2. The van der Waals surface area contributed by atoms with E-state index in [9.17, 15) is 0 Å². The molecule has 0 amide bonds. The first kappa shape index (κ1) is 45.1. The number of para-hydroxylation sites is 1. The number of aromatic nitrogens is 1. The van der Waals surface area contributed by atoms with Crippen molar-refractivity contribution >= 4 is 82.0 Å². The highest BCUT2D eigenvalue weighted by atomic mass is 15.1. The van der Waals surface area contributed by atoms with E-state index in [1.807, 2.05) is 0 Å². The van der Waals surface area contributed by atoms with E-state index in [1.54, 1.807) is 0 Å². The molecule has 0 aliphatic heterocycles. The van der Waals surface area contributed by atoms with Gasteiger partial charge in [0.1, 0.15) is 0 Å². The molecule has 0 saturated heterocycles. The quantitative estimate of drug-likeness (QED) is 0.131. The first-order valence-corrected chi connectivity index (χ1v) is 26.9. The predicted molar refractivity (Wildman–Crippen MR) is 333 cm³/mol. The van der Waals surface area contributed by atoms with Gasteiger partial charge in [-0.3, -0.25) is 0 Å². The van der Waals surface area contributed by atoms with Gasteiger partial charge in [0.2, 0.25) is 0 Å². The van der Waals surface area contributed by atoms with Crippen molar-refractivity contribution in [3.8, 4) is 61.3 Å². The molecule has 0 bridgehead atoms. The fraction of sp³-hybridized carbons (Fsp3) is 0. The maximum atomic E-state index is 2.50. The van der Waals surface area contributed by atoms with E-state index in [2.05, 4.69) is 313 Å². The van der Waals surface area contributed by atoms with Gasteiger partial charge in [0, 0.05) is 33.3 Å². The monoisotopic (exact) mass is 990 g/mol. The lowest BCUT2D eigenvalue weighted by molar-refractivity contribution is 1.18. The molecule has 15 rings (SSSR count). The molecule has 0 unspecified atom stereocenters. The topological polar surface area (TPSA) is 8.17 Å². The SMILES string of the molecule is c1ccc(-c2ccc(-c3ccc(N(c4ccc(-c5cccc6ccccc56)cc4)c4cccc(-c5cc6ccccc6c6ccccc56)c4)c(-c4ccccc4)c3)c(-n3c4ccccc4c4c5ccccc5ccc43)c2)cc1. The molecule has 0 spiro atoms. The van der Waals surface area contributed by atoms with Crippen molar-refractivity contribution in [1.82, 2.24) is 4.57 Å². The zero-order valence-electron chi connectivity index (χ0n) is 42.8. The maximum absolute atomic E-state index is 2.50. The fourth-order valence-electron chi connectivity index (χ4n) is 12.3. The van der Waals surface area contributed by atoms with Crippen molar-refractivity contribution in [1.29, 1.82) is 0 Å². The Bertz CT molecular complexity index is 4780. The van der Waals surface area contributed by atoms with E-state index in [4.69, 9.17) is 0 Å². The highest BCUT2D eigenvalue weighted by molar-refractivity contribution is 6.22. The largest absolute Gasteiger partial charge is 0.310 e. The summed E-state index contributed by atoms with van der Waals surface area (Å²) in [7, 11) is 0. The third-order valence-electron chi connectivity index (χ3n) is 16.0. The van der Waals surface area contributed by atoms with Gasteiger partial charge in [0.05, 0.1) is 22.4 Å². The summed E-state index contributed by atoms with van der Waals surface area (Å²) in [6.07, 6.45) is 0. The zero-order valence-corrected chi connectivity index (χ0v) is 42.8. The first-order chi connectivity index (χ1) is 38.7. The van der Waals surface area contributed by atoms with Crippen molar-refractivity contribution in [2.24, 2.45) is 0 Å². The van der Waals surface area contributed by atoms with E-state index >= 15 is 0 Å². The molecule has 15 aromatic rings. The molecule has 0 aliphatic rings. The number of hydrogen-bond acceptors (Lipinski definition) is 1. The van der Waals surface area contributed by atoms with E-state index < -0.39 is 0 Å². The third kappa shape index (κ3) is 7.65. The highest BCUT2D eigenvalue weighted by Crippen LogP contribution is 2.47. The van der Waals surface area contributed by atoms with Crippen LogP contribution in [0, 0.1) is 0 Å². The number of fused-ring (bicyclic) bond motifs is 9. The van der Waals surface area contributed by atoms with Gasteiger partial charge in [-0.25, -0.2) is 0 Å². The smallest absolute Gasteiger partial charge is 0.0547 e. The predicted octanol–water partition coefficient (Wildman–Crippen LogP) is 21.2. The van der Waals surface area contributed by atoms with E-state index in [1.165, 1.54) is 87.1 Å². The van der Waals surface area contributed by atoms with Gasteiger partial charge in [-0.15, -0.1) is 0 Å². The molecular weight excluding hydrogens is 941 g/mol. The van der Waals surface area contributed by atoms with Crippen molar-refractivity contribution in [3.05, 3.63) is 303 Å². The van der Waals surface area contributed by atoms with Gasteiger partial charge in [-0.2, -0.15) is 0 Å². The summed E-state index contributed by atoms with van der Waals surface area (Å²) < 4.78 is 2.50. The summed E-state index contributed by atoms with van der Waals surface area (Å²) in [6, 6.07) is 112. The summed E-state index contributed by atoms with van der Waals surface area (Å²) in [6.45, 7) is 0. The van der Waals surface area contributed by atoms with Crippen LogP contribution < -0.4 is 4.90 Å². The standard InChI is InChI=1S/C76H50N2/c1-3-19-51(20-4-1)56-39-44-65(75(50-56)78-72-36-16-15-34-69(72)76-66-31-12-8-24-54(66)40-46-74(76)78)59-41-45-73(71(49-59)53-21-5-2-6-22-53)77(60-42-37-55(38-43-60)63-35-18-26-52-23-7-10-29-62(52)63)61-28-17-27-57(47-61)70-48-58-25-9-11-30-64(58)67-32-13-14-33-68(67)70/h1-50H. The van der Waals surface area contributed by atoms with Crippen LogP contribution in [0.1, 0.15) is 0 Å². The first-order valence-electron chi connectivity index (χ1n) is 26.9. The van der Waals surface area contributed by atoms with Crippen molar-refractivity contribution in [2.75, 3.05) is 4.90 Å². The van der Waals surface area contributed by atoms with E-state index in [-0.39, 0.29) is 0 Å². The summed E-state index contributed by atoms with van der Waals surface area (Å²) in [5.74, 6) is 0. The van der Waals surface area contributed by atoms with Crippen LogP contribution >= 0.6 is 0 Å². The Morgan fingerprint density at radius 3 is 1.59 bits per heavy atom. The van der Waals surface area contributed by atoms with E-state index in [0.29, 0.717) is 0 Å². The van der Waals surface area contributed by atoms with Gasteiger partial charge in [-0.1, -0.05) is 243 Å². The molecule has 0 atom stereocenters. The Labute approximate surface area is 453 Å². The fourth-order valence-corrected chi connectivity index (χ4v) is 12.3. The van der Waals surface area contributed by atoms with Crippen LogP contribution in [-0.4, -0.2) is 4.57 Å². The normalized spacial score (nSPS) is 11.6. The maximum Gasteiger partial charge on any atom is 0.0547 e. The van der Waals surface area contributed by atoms with Crippen molar-refractivity contribution in [3.63, 3.8) is 0 Å². The molecule has 0 N–H and O–H groups in total.